The smallest absolute Gasteiger partial charge is 0.353 e. The van der Waals surface area contributed by atoms with Crippen LogP contribution in [0.25, 0.3) is 0 Å². The average molecular weight is 507 g/mol. The maximum absolute atomic E-state index is 14.8. The van der Waals surface area contributed by atoms with Gasteiger partial charge in [0, 0.05) is 30.4 Å². The van der Waals surface area contributed by atoms with Gasteiger partial charge in [-0.05, 0) is 30.9 Å². The SMILES string of the molecule is O=C1NCCN(C(=O)N[C@@H](c2cnc(C(F)(F)F)c(F)c2)c2ccc(F)c(Cl)c2F)[C@H]1C1CC1. The van der Waals surface area contributed by atoms with Crippen molar-refractivity contribution in [3.63, 3.8) is 0 Å². The van der Waals surface area contributed by atoms with Crippen LogP contribution in [0.15, 0.2) is 24.4 Å². The van der Waals surface area contributed by atoms with Crippen molar-refractivity contribution in [2.24, 2.45) is 5.92 Å². The van der Waals surface area contributed by atoms with E-state index in [0.717, 1.165) is 25.0 Å². The second-order valence-corrected chi connectivity index (χ2v) is 8.39. The van der Waals surface area contributed by atoms with Gasteiger partial charge in [0.1, 0.15) is 22.7 Å². The largest absolute Gasteiger partial charge is 0.436 e. The Hall–Kier alpha value is -3.02. The fourth-order valence-corrected chi connectivity index (χ4v) is 4.10. The normalized spacial score (nSPS) is 19.6. The molecule has 3 amide bonds. The third kappa shape index (κ3) is 4.63. The molecule has 2 N–H and O–H groups in total. The van der Waals surface area contributed by atoms with Gasteiger partial charge >= 0.3 is 12.2 Å². The first-order chi connectivity index (χ1) is 16.0. The van der Waals surface area contributed by atoms with Crippen molar-refractivity contribution in [3.05, 3.63) is 63.7 Å². The number of amides is 3. The second kappa shape index (κ2) is 8.97. The Balaban J connectivity index is 1.73. The van der Waals surface area contributed by atoms with Gasteiger partial charge in [-0.3, -0.25) is 4.79 Å². The van der Waals surface area contributed by atoms with Gasteiger partial charge in [0.05, 0.1) is 6.04 Å². The predicted molar refractivity (Wildman–Crippen MR) is 107 cm³/mol. The first-order valence-electron chi connectivity index (χ1n) is 10.2. The van der Waals surface area contributed by atoms with E-state index in [1.807, 2.05) is 0 Å². The van der Waals surface area contributed by atoms with E-state index in [4.69, 9.17) is 11.6 Å². The molecule has 0 unspecified atom stereocenters. The quantitative estimate of drug-likeness (QED) is 0.483. The lowest BCUT2D eigenvalue weighted by atomic mass is 9.98. The predicted octanol–water partition coefficient (Wildman–Crippen LogP) is 4.18. The number of hydrogen-bond donors (Lipinski definition) is 2. The number of halogens is 7. The molecule has 2 aromatic rings. The Labute approximate surface area is 194 Å². The van der Waals surface area contributed by atoms with Crippen molar-refractivity contribution in [3.8, 4) is 0 Å². The molecule has 0 bridgehead atoms. The van der Waals surface area contributed by atoms with Crippen LogP contribution in [-0.4, -0.2) is 41.0 Å². The zero-order valence-corrected chi connectivity index (χ0v) is 18.0. The van der Waals surface area contributed by atoms with E-state index in [-0.39, 0.29) is 30.5 Å². The molecule has 1 saturated heterocycles. The highest BCUT2D eigenvalue weighted by atomic mass is 35.5. The van der Waals surface area contributed by atoms with Crippen LogP contribution in [0.2, 0.25) is 5.02 Å². The highest BCUT2D eigenvalue weighted by Gasteiger charge is 2.44. The van der Waals surface area contributed by atoms with Crippen LogP contribution in [-0.2, 0) is 11.0 Å². The Kier molecular flexibility index (Phi) is 6.36. The summed E-state index contributed by atoms with van der Waals surface area (Å²) in [6.07, 6.45) is -3.00. The molecule has 2 aliphatic rings. The van der Waals surface area contributed by atoms with E-state index in [1.165, 1.54) is 4.90 Å². The summed E-state index contributed by atoms with van der Waals surface area (Å²) < 4.78 is 81.6. The van der Waals surface area contributed by atoms with Crippen molar-refractivity contribution < 1.29 is 35.9 Å². The number of hydrogen-bond acceptors (Lipinski definition) is 3. The van der Waals surface area contributed by atoms with Gasteiger partial charge in [-0.2, -0.15) is 13.2 Å². The molecule has 1 aromatic carbocycles. The minimum atomic E-state index is -5.08. The number of nitrogens with one attached hydrogen (secondary N) is 2. The molecule has 1 aliphatic heterocycles. The standard InChI is InChI=1S/C21H17ClF6N4O2/c22-14-12(23)4-3-11(15(14)25)16(10-7-13(24)18(30-8-10)21(26,27)28)31-20(34)32-6-5-29-19(33)17(32)9-1-2-9/h3-4,7-9,16-17H,1-2,5-6H2,(H,29,33)(H,31,34)/t16-,17-/m0/s1. The fourth-order valence-electron chi connectivity index (χ4n) is 3.92. The van der Waals surface area contributed by atoms with Gasteiger partial charge in [-0.1, -0.05) is 17.7 Å². The van der Waals surface area contributed by atoms with Crippen LogP contribution in [0.5, 0.6) is 0 Å². The van der Waals surface area contributed by atoms with Crippen LogP contribution in [0.1, 0.15) is 35.7 Å². The van der Waals surface area contributed by atoms with Crippen LogP contribution >= 0.6 is 11.6 Å². The topological polar surface area (TPSA) is 74.3 Å². The first kappa shape index (κ1) is 24.1. The number of alkyl halides is 3. The number of urea groups is 1. The van der Waals surface area contributed by atoms with E-state index < -0.39 is 58.0 Å². The first-order valence-corrected chi connectivity index (χ1v) is 10.6. The summed E-state index contributed by atoms with van der Waals surface area (Å²) in [6.45, 7) is 0.283. The van der Waals surface area contributed by atoms with Crippen molar-refractivity contribution in [1.29, 1.82) is 0 Å². The third-order valence-electron chi connectivity index (χ3n) is 5.69. The molecule has 2 heterocycles. The Bertz CT molecular complexity index is 1140. The van der Waals surface area contributed by atoms with Crippen molar-refractivity contribution in [1.82, 2.24) is 20.5 Å². The van der Waals surface area contributed by atoms with E-state index in [9.17, 15) is 35.9 Å². The Morgan fingerprint density at radius 2 is 1.91 bits per heavy atom. The number of carbonyl (C=O) groups excluding carboxylic acids is 2. The molecule has 182 valence electrons. The summed E-state index contributed by atoms with van der Waals surface area (Å²) in [7, 11) is 0. The molecule has 1 aliphatic carbocycles. The summed E-state index contributed by atoms with van der Waals surface area (Å²) in [5.41, 5.74) is -2.56. The maximum atomic E-state index is 14.8. The molecule has 1 aromatic heterocycles. The molecule has 0 spiro atoms. The lowest BCUT2D eigenvalue weighted by Gasteiger charge is -2.36. The van der Waals surface area contributed by atoms with Crippen LogP contribution < -0.4 is 10.6 Å². The fraction of sp³-hybridized carbons (Fsp3) is 0.381. The van der Waals surface area contributed by atoms with Crippen molar-refractivity contribution in [2.75, 3.05) is 13.1 Å². The molecule has 1 saturated carbocycles. The molecule has 34 heavy (non-hydrogen) atoms. The van der Waals surface area contributed by atoms with E-state index in [0.29, 0.717) is 12.3 Å². The van der Waals surface area contributed by atoms with Gasteiger partial charge < -0.3 is 15.5 Å². The van der Waals surface area contributed by atoms with Gasteiger partial charge in [0.15, 0.2) is 11.5 Å². The number of aromatic nitrogens is 1. The number of carbonyl (C=O) groups is 2. The monoisotopic (exact) mass is 506 g/mol. The van der Waals surface area contributed by atoms with Crippen molar-refractivity contribution in [2.45, 2.75) is 31.1 Å². The van der Waals surface area contributed by atoms with E-state index >= 15 is 0 Å². The number of rotatable bonds is 4. The van der Waals surface area contributed by atoms with Crippen LogP contribution in [0.3, 0.4) is 0 Å². The third-order valence-corrected chi connectivity index (χ3v) is 6.04. The van der Waals surface area contributed by atoms with E-state index in [1.54, 1.807) is 0 Å². The minimum absolute atomic E-state index is 0.0633. The molecular weight excluding hydrogens is 490 g/mol. The van der Waals surface area contributed by atoms with Gasteiger partial charge in [0.2, 0.25) is 5.91 Å². The molecule has 2 fully saturated rings. The van der Waals surface area contributed by atoms with Gasteiger partial charge in [0.25, 0.3) is 0 Å². The maximum Gasteiger partial charge on any atom is 0.436 e. The summed E-state index contributed by atoms with van der Waals surface area (Å²) in [4.78, 5) is 29.8. The molecular formula is C21H17ClF6N4O2. The van der Waals surface area contributed by atoms with Gasteiger partial charge in [-0.25, -0.2) is 22.9 Å². The summed E-state index contributed by atoms with van der Waals surface area (Å²) in [5.74, 6) is -4.56. The second-order valence-electron chi connectivity index (χ2n) is 8.01. The lowest BCUT2D eigenvalue weighted by Crippen LogP contribution is -2.60. The molecule has 6 nitrogen and oxygen atoms in total. The van der Waals surface area contributed by atoms with Crippen LogP contribution in [0, 0.1) is 23.4 Å². The summed E-state index contributed by atoms with van der Waals surface area (Å²) >= 11 is 5.64. The Morgan fingerprint density at radius 3 is 2.53 bits per heavy atom. The highest BCUT2D eigenvalue weighted by molar-refractivity contribution is 6.31. The molecule has 2 atom stereocenters. The summed E-state index contributed by atoms with van der Waals surface area (Å²) in [6, 6.07) is -1.01. The lowest BCUT2D eigenvalue weighted by molar-refractivity contribution is -0.143. The highest BCUT2D eigenvalue weighted by Crippen LogP contribution is 2.37. The van der Waals surface area contributed by atoms with Crippen LogP contribution in [0.4, 0.5) is 31.1 Å². The number of benzene rings is 1. The molecule has 4 rings (SSSR count). The Morgan fingerprint density at radius 1 is 1.21 bits per heavy atom. The minimum Gasteiger partial charge on any atom is -0.353 e. The molecule has 13 heteroatoms. The van der Waals surface area contributed by atoms with Gasteiger partial charge in [-0.15, -0.1) is 0 Å². The number of nitrogens with zero attached hydrogens (tertiary/aromatic N) is 2. The van der Waals surface area contributed by atoms with E-state index in [2.05, 4.69) is 15.6 Å². The zero-order chi connectivity index (χ0) is 24.8. The van der Waals surface area contributed by atoms with Crippen molar-refractivity contribution >= 4 is 23.5 Å². The summed E-state index contributed by atoms with van der Waals surface area (Å²) in [5, 5.41) is 4.17. The molecule has 0 radical (unpaired) electrons. The number of pyridine rings is 1. The number of piperazine rings is 1. The average Bonchev–Trinajstić information content (AvgIpc) is 3.60. The zero-order valence-electron chi connectivity index (χ0n) is 17.2.